The van der Waals surface area contributed by atoms with Crippen molar-refractivity contribution in [1.29, 1.82) is 0 Å². The van der Waals surface area contributed by atoms with E-state index < -0.39 is 18.1 Å². The molecule has 0 aliphatic carbocycles. The first kappa shape index (κ1) is 26.9. The Morgan fingerprint density at radius 2 is 1.00 bits per heavy atom. The summed E-state index contributed by atoms with van der Waals surface area (Å²) in [4.78, 5) is 14.3. The van der Waals surface area contributed by atoms with Crippen LogP contribution in [0.3, 0.4) is 0 Å². The molecule has 4 aromatic heterocycles. The van der Waals surface area contributed by atoms with Gasteiger partial charge in [-0.15, -0.1) is 0 Å². The maximum Gasteiger partial charge on any atom is 0.164 e. The van der Waals surface area contributed by atoms with E-state index in [2.05, 4.69) is 105 Å². The zero-order chi connectivity index (χ0) is 41.8. The summed E-state index contributed by atoms with van der Waals surface area (Å²) in [7, 11) is 0. The van der Waals surface area contributed by atoms with Crippen molar-refractivity contribution in [3.05, 3.63) is 188 Å². The molecule has 0 radical (unpaired) electrons. The topological polar surface area (TPSA) is 61.7 Å². The lowest BCUT2D eigenvalue weighted by Gasteiger charge is -2.10. The van der Waals surface area contributed by atoms with Crippen LogP contribution < -0.4 is 0 Å². The third-order valence-electron chi connectivity index (χ3n) is 10.8. The van der Waals surface area contributed by atoms with Crippen LogP contribution in [0.15, 0.2) is 192 Å². The second kappa shape index (κ2) is 12.3. The molecule has 266 valence electrons. The number of hydrogen-bond acceptors (Lipinski definition) is 4. The summed E-state index contributed by atoms with van der Waals surface area (Å²) >= 11 is 0. The SMILES string of the molecule is [2H]c1c([2H])c([2H])c(-c2nc(-c3ccccc3)nc(-c3ccc4c(c3)oc3cccc(-n5c6ccccc6c6cc7c(cc65)c5ccccc5n7-c5ccccc5)c34)n2)c([2H])c1[2H]. The monoisotopic (exact) mass is 734 g/mol. The van der Waals surface area contributed by atoms with Crippen LogP contribution in [0, 0.1) is 0 Å². The molecular weight excluding hydrogens is 699 g/mol. The molecule has 0 fully saturated rings. The van der Waals surface area contributed by atoms with Crippen LogP contribution in [0.2, 0.25) is 0 Å². The van der Waals surface area contributed by atoms with Crippen molar-refractivity contribution in [3.63, 3.8) is 0 Å². The smallest absolute Gasteiger partial charge is 0.164 e. The van der Waals surface area contributed by atoms with Gasteiger partial charge in [0.1, 0.15) is 11.2 Å². The van der Waals surface area contributed by atoms with E-state index in [0.717, 1.165) is 60.4 Å². The Hall–Kier alpha value is -7.83. The van der Waals surface area contributed by atoms with Crippen LogP contribution in [0.5, 0.6) is 0 Å². The minimum absolute atomic E-state index is 0.0230. The summed E-state index contributed by atoms with van der Waals surface area (Å²) < 4.78 is 53.5. The molecule has 12 rings (SSSR count). The first-order chi connectivity index (χ1) is 30.3. The molecule has 0 spiro atoms. The summed E-state index contributed by atoms with van der Waals surface area (Å²) in [5.74, 6) is 0.547. The summed E-state index contributed by atoms with van der Waals surface area (Å²) in [6.45, 7) is 0. The number of fused-ring (bicyclic) bond motifs is 9. The number of nitrogens with zero attached hydrogens (tertiary/aromatic N) is 5. The van der Waals surface area contributed by atoms with E-state index in [1.807, 2.05) is 66.7 Å². The van der Waals surface area contributed by atoms with Gasteiger partial charge in [-0.2, -0.15) is 0 Å². The molecule has 57 heavy (non-hydrogen) atoms. The maximum atomic E-state index is 8.69. The van der Waals surface area contributed by atoms with Crippen molar-refractivity contribution < 1.29 is 11.3 Å². The minimum Gasteiger partial charge on any atom is -0.456 e. The second-order valence-electron chi connectivity index (χ2n) is 14.1. The molecule has 0 bridgehead atoms. The summed E-state index contributed by atoms with van der Waals surface area (Å²) in [5, 5.41) is 6.46. The highest BCUT2D eigenvalue weighted by atomic mass is 16.3. The number of para-hydroxylation sites is 3. The van der Waals surface area contributed by atoms with Crippen molar-refractivity contribution >= 4 is 65.6 Å². The molecule has 0 saturated heterocycles. The fourth-order valence-corrected chi connectivity index (χ4v) is 8.37. The third kappa shape index (κ3) is 4.87. The van der Waals surface area contributed by atoms with E-state index in [1.54, 1.807) is 0 Å². The van der Waals surface area contributed by atoms with Crippen LogP contribution in [-0.4, -0.2) is 24.1 Å². The molecule has 0 amide bonds. The normalized spacial score (nSPS) is 13.1. The van der Waals surface area contributed by atoms with E-state index in [-0.39, 0.29) is 29.3 Å². The van der Waals surface area contributed by atoms with E-state index in [9.17, 15) is 0 Å². The minimum atomic E-state index is -0.485. The number of aromatic nitrogens is 5. The fraction of sp³-hybridized carbons (Fsp3) is 0. The maximum absolute atomic E-state index is 8.69. The van der Waals surface area contributed by atoms with Gasteiger partial charge in [-0.3, -0.25) is 0 Å². The molecular formula is C51H31N5O. The van der Waals surface area contributed by atoms with E-state index in [0.29, 0.717) is 28.1 Å². The standard InChI is InChI=1S/C51H31N5O/c1-4-15-32(16-5-1)49-52-50(33-17-6-2-7-18-33)54-51(53-49)34-27-28-38-47(29-34)57-46-26-14-25-43(48(38)46)56-42-24-13-11-22-37(42)40-30-44-39(31-45(40)56)36-21-10-12-23-41(36)55(44)35-19-8-3-9-20-35/h1-31H/i1D,4D,5D,15D,16D. The van der Waals surface area contributed by atoms with E-state index in [4.69, 9.17) is 21.2 Å². The zero-order valence-corrected chi connectivity index (χ0v) is 30.2. The summed E-state index contributed by atoms with van der Waals surface area (Å²) in [6, 6.07) is 51.3. The zero-order valence-electron chi connectivity index (χ0n) is 35.2. The first-order valence-corrected chi connectivity index (χ1v) is 18.7. The van der Waals surface area contributed by atoms with Crippen molar-refractivity contribution in [1.82, 2.24) is 24.1 Å². The predicted molar refractivity (Wildman–Crippen MR) is 232 cm³/mol. The summed E-state index contributed by atoms with van der Waals surface area (Å²) in [5.41, 5.74) is 9.03. The van der Waals surface area contributed by atoms with Crippen LogP contribution in [0.1, 0.15) is 6.85 Å². The van der Waals surface area contributed by atoms with Crippen molar-refractivity contribution in [2.24, 2.45) is 0 Å². The molecule has 8 aromatic carbocycles. The van der Waals surface area contributed by atoms with Gasteiger partial charge in [0.25, 0.3) is 0 Å². The molecule has 4 heterocycles. The molecule has 0 N–H and O–H groups in total. The lowest BCUT2D eigenvalue weighted by Crippen LogP contribution is -2.00. The number of furan rings is 1. The Morgan fingerprint density at radius 1 is 0.404 bits per heavy atom. The Kier molecular flexibility index (Phi) is 5.82. The van der Waals surface area contributed by atoms with Gasteiger partial charge in [0.2, 0.25) is 0 Å². The van der Waals surface area contributed by atoms with Gasteiger partial charge in [0.05, 0.1) is 40.0 Å². The van der Waals surface area contributed by atoms with Crippen molar-refractivity contribution in [2.45, 2.75) is 0 Å². The number of rotatable bonds is 5. The molecule has 12 aromatic rings. The lowest BCUT2D eigenvalue weighted by molar-refractivity contribution is 0.669. The second-order valence-corrected chi connectivity index (χ2v) is 14.1. The van der Waals surface area contributed by atoms with Crippen LogP contribution >= 0.6 is 0 Å². The van der Waals surface area contributed by atoms with Crippen molar-refractivity contribution in [3.8, 4) is 45.5 Å². The fourth-order valence-electron chi connectivity index (χ4n) is 8.37. The third-order valence-corrected chi connectivity index (χ3v) is 10.8. The van der Waals surface area contributed by atoms with Crippen molar-refractivity contribution in [2.75, 3.05) is 0 Å². The molecule has 0 unspecified atom stereocenters. The molecule has 6 heteroatoms. The molecule has 0 aliphatic heterocycles. The highest BCUT2D eigenvalue weighted by Gasteiger charge is 2.22. The van der Waals surface area contributed by atoms with Crippen LogP contribution in [0.25, 0.3) is 111 Å². The quantitative estimate of drug-likeness (QED) is 0.177. The Bertz CT molecular complexity index is 3790. The molecule has 0 atom stereocenters. The highest BCUT2D eigenvalue weighted by Crippen LogP contribution is 2.42. The van der Waals surface area contributed by atoms with Gasteiger partial charge in [0, 0.05) is 49.3 Å². The van der Waals surface area contributed by atoms with E-state index in [1.165, 1.54) is 5.39 Å². The average Bonchev–Trinajstić information content (AvgIpc) is 3.97. The number of hydrogen-bond donors (Lipinski definition) is 0. The van der Waals surface area contributed by atoms with Crippen LogP contribution in [0.4, 0.5) is 0 Å². The van der Waals surface area contributed by atoms with Gasteiger partial charge in [-0.1, -0.05) is 127 Å². The van der Waals surface area contributed by atoms with E-state index >= 15 is 0 Å². The van der Waals surface area contributed by atoms with Gasteiger partial charge in [0.15, 0.2) is 17.5 Å². The summed E-state index contributed by atoms with van der Waals surface area (Å²) in [6.07, 6.45) is 0. The molecule has 0 aliphatic rings. The molecule has 6 nitrogen and oxygen atoms in total. The Morgan fingerprint density at radius 3 is 1.72 bits per heavy atom. The van der Waals surface area contributed by atoms with Gasteiger partial charge in [-0.25, -0.2) is 15.0 Å². The Balaban J connectivity index is 1.08. The Labute approximate surface area is 333 Å². The largest absolute Gasteiger partial charge is 0.456 e. The lowest BCUT2D eigenvalue weighted by atomic mass is 10.1. The highest BCUT2D eigenvalue weighted by molar-refractivity contribution is 6.20. The average molecular weight is 735 g/mol. The van der Waals surface area contributed by atoms with Gasteiger partial charge in [-0.05, 0) is 60.7 Å². The van der Waals surface area contributed by atoms with Crippen LogP contribution in [-0.2, 0) is 0 Å². The number of benzene rings is 8. The van der Waals surface area contributed by atoms with Gasteiger partial charge >= 0.3 is 0 Å². The first-order valence-electron chi connectivity index (χ1n) is 21.2. The van der Waals surface area contributed by atoms with Gasteiger partial charge < -0.3 is 13.6 Å². The predicted octanol–water partition coefficient (Wildman–Crippen LogP) is 13.0. The molecule has 0 saturated carbocycles.